The van der Waals surface area contributed by atoms with Crippen molar-refractivity contribution in [1.82, 2.24) is 15.5 Å². The summed E-state index contributed by atoms with van der Waals surface area (Å²) < 4.78 is 36.4. The fourth-order valence-electron chi connectivity index (χ4n) is 2.24. The maximum Gasteiger partial charge on any atom is 0.401 e. The summed E-state index contributed by atoms with van der Waals surface area (Å²) in [6.07, 6.45) is -3.18. The van der Waals surface area contributed by atoms with Crippen LogP contribution < -0.4 is 10.6 Å². The van der Waals surface area contributed by atoms with Gasteiger partial charge in [-0.05, 0) is 25.4 Å². The van der Waals surface area contributed by atoms with Crippen LogP contribution in [0.1, 0.15) is 6.42 Å². The van der Waals surface area contributed by atoms with Gasteiger partial charge in [0.05, 0.1) is 6.54 Å². The van der Waals surface area contributed by atoms with Gasteiger partial charge in [-0.1, -0.05) is 0 Å². The van der Waals surface area contributed by atoms with Crippen molar-refractivity contribution < 1.29 is 13.2 Å². The minimum Gasteiger partial charge on any atom is -0.314 e. The first-order valence-corrected chi connectivity index (χ1v) is 5.76. The van der Waals surface area contributed by atoms with Crippen LogP contribution in [0.3, 0.4) is 0 Å². The Morgan fingerprint density at radius 1 is 1.31 bits per heavy atom. The molecular weight excluding hydrogens is 219 g/mol. The van der Waals surface area contributed by atoms with Crippen molar-refractivity contribution in [3.8, 4) is 0 Å². The number of nitrogens with one attached hydrogen (secondary N) is 2. The van der Waals surface area contributed by atoms with Crippen LogP contribution in [0.4, 0.5) is 13.2 Å². The van der Waals surface area contributed by atoms with E-state index in [9.17, 15) is 13.2 Å². The van der Waals surface area contributed by atoms with Crippen molar-refractivity contribution >= 4 is 0 Å². The van der Waals surface area contributed by atoms with Gasteiger partial charge in [0.1, 0.15) is 0 Å². The SMILES string of the molecule is FC(F)(F)CN1CCC(CNC2CNC2)C1. The lowest BCUT2D eigenvalue weighted by Crippen LogP contribution is -2.56. The van der Waals surface area contributed by atoms with E-state index in [1.165, 1.54) is 4.90 Å². The maximum absolute atomic E-state index is 12.1. The maximum atomic E-state index is 12.1. The van der Waals surface area contributed by atoms with Crippen LogP contribution in [0.2, 0.25) is 0 Å². The average Bonchev–Trinajstić information content (AvgIpc) is 2.46. The van der Waals surface area contributed by atoms with E-state index in [4.69, 9.17) is 0 Å². The van der Waals surface area contributed by atoms with E-state index in [1.54, 1.807) is 0 Å². The molecule has 2 aliphatic rings. The van der Waals surface area contributed by atoms with Crippen LogP contribution in [0.15, 0.2) is 0 Å². The number of likely N-dealkylation sites (tertiary alicyclic amines) is 1. The minimum absolute atomic E-state index is 0.378. The zero-order valence-corrected chi connectivity index (χ0v) is 9.19. The Labute approximate surface area is 93.4 Å². The van der Waals surface area contributed by atoms with Gasteiger partial charge in [0.25, 0.3) is 0 Å². The number of halogens is 3. The van der Waals surface area contributed by atoms with Gasteiger partial charge in [0, 0.05) is 25.7 Å². The van der Waals surface area contributed by atoms with E-state index in [-0.39, 0.29) is 0 Å². The number of alkyl halides is 3. The monoisotopic (exact) mass is 237 g/mol. The van der Waals surface area contributed by atoms with Crippen LogP contribution >= 0.6 is 0 Å². The zero-order chi connectivity index (χ0) is 11.6. The van der Waals surface area contributed by atoms with Gasteiger partial charge in [-0.25, -0.2) is 0 Å². The molecule has 0 aromatic heterocycles. The van der Waals surface area contributed by atoms with E-state index < -0.39 is 12.7 Å². The Kier molecular flexibility index (Phi) is 3.71. The molecule has 2 N–H and O–H groups in total. The van der Waals surface area contributed by atoms with E-state index in [2.05, 4.69) is 10.6 Å². The van der Waals surface area contributed by atoms with Crippen LogP contribution in [0.5, 0.6) is 0 Å². The summed E-state index contributed by atoms with van der Waals surface area (Å²) in [7, 11) is 0. The first-order valence-electron chi connectivity index (χ1n) is 5.76. The predicted molar refractivity (Wildman–Crippen MR) is 55.3 cm³/mol. The van der Waals surface area contributed by atoms with Crippen molar-refractivity contribution in [3.63, 3.8) is 0 Å². The minimum atomic E-state index is -4.06. The highest BCUT2D eigenvalue weighted by molar-refractivity contribution is 4.85. The Morgan fingerprint density at radius 2 is 2.06 bits per heavy atom. The third-order valence-corrected chi connectivity index (χ3v) is 3.25. The standard InChI is InChI=1S/C10H18F3N3/c11-10(12,13)7-16-2-1-8(6-16)3-15-9-4-14-5-9/h8-9,14-15H,1-7H2. The van der Waals surface area contributed by atoms with E-state index >= 15 is 0 Å². The fourth-order valence-corrected chi connectivity index (χ4v) is 2.24. The molecule has 0 amide bonds. The molecule has 0 spiro atoms. The van der Waals surface area contributed by atoms with Crippen molar-refractivity contribution in [1.29, 1.82) is 0 Å². The summed E-state index contributed by atoms with van der Waals surface area (Å²) >= 11 is 0. The average molecular weight is 237 g/mol. The normalized spacial score (nSPS) is 28.3. The molecule has 0 saturated carbocycles. The summed E-state index contributed by atoms with van der Waals surface area (Å²) in [6, 6.07) is 0.525. The smallest absolute Gasteiger partial charge is 0.314 e. The van der Waals surface area contributed by atoms with Gasteiger partial charge in [-0.15, -0.1) is 0 Å². The lowest BCUT2D eigenvalue weighted by molar-refractivity contribution is -0.143. The fraction of sp³-hybridized carbons (Fsp3) is 1.00. The molecule has 16 heavy (non-hydrogen) atoms. The molecule has 2 fully saturated rings. The first-order chi connectivity index (χ1) is 7.53. The molecule has 0 aromatic carbocycles. The summed E-state index contributed by atoms with van der Waals surface area (Å²) in [5.41, 5.74) is 0. The lowest BCUT2D eigenvalue weighted by Gasteiger charge is -2.29. The molecule has 6 heteroatoms. The summed E-state index contributed by atoms with van der Waals surface area (Å²) in [6.45, 7) is 3.22. The molecule has 0 bridgehead atoms. The molecule has 2 heterocycles. The van der Waals surface area contributed by atoms with Gasteiger partial charge in [-0.3, -0.25) is 4.90 Å². The molecule has 2 aliphatic heterocycles. The molecule has 2 saturated heterocycles. The Hall–Kier alpha value is -0.330. The highest BCUT2D eigenvalue weighted by Gasteiger charge is 2.34. The van der Waals surface area contributed by atoms with Crippen LogP contribution in [0, 0.1) is 5.92 Å². The molecule has 2 rings (SSSR count). The third kappa shape index (κ3) is 3.61. The van der Waals surface area contributed by atoms with Gasteiger partial charge >= 0.3 is 6.18 Å². The second-order valence-electron chi connectivity index (χ2n) is 4.77. The lowest BCUT2D eigenvalue weighted by atomic mass is 10.1. The Morgan fingerprint density at radius 3 is 2.62 bits per heavy atom. The van der Waals surface area contributed by atoms with Crippen molar-refractivity contribution in [3.05, 3.63) is 0 Å². The van der Waals surface area contributed by atoms with Crippen LogP contribution in [-0.2, 0) is 0 Å². The summed E-state index contributed by atoms with van der Waals surface area (Å²) in [5, 5.41) is 6.53. The number of nitrogens with zero attached hydrogens (tertiary/aromatic N) is 1. The molecular formula is C10H18F3N3. The predicted octanol–water partition coefficient (Wildman–Crippen LogP) is 0.432. The van der Waals surface area contributed by atoms with Crippen molar-refractivity contribution in [2.24, 2.45) is 5.92 Å². The number of hydrogen-bond acceptors (Lipinski definition) is 3. The molecule has 0 aromatic rings. The molecule has 3 nitrogen and oxygen atoms in total. The molecule has 0 aliphatic carbocycles. The first kappa shape index (κ1) is 12.1. The topological polar surface area (TPSA) is 27.3 Å². The molecule has 1 unspecified atom stereocenters. The Bertz CT molecular complexity index is 228. The summed E-state index contributed by atoms with van der Waals surface area (Å²) in [4.78, 5) is 1.51. The van der Waals surface area contributed by atoms with Crippen molar-refractivity contribution in [2.45, 2.75) is 18.6 Å². The number of hydrogen-bond donors (Lipinski definition) is 2. The quantitative estimate of drug-likeness (QED) is 0.742. The molecule has 94 valence electrons. The van der Waals surface area contributed by atoms with E-state index in [1.807, 2.05) is 0 Å². The largest absolute Gasteiger partial charge is 0.401 e. The van der Waals surface area contributed by atoms with Gasteiger partial charge in [0.15, 0.2) is 0 Å². The van der Waals surface area contributed by atoms with Gasteiger partial charge in [-0.2, -0.15) is 13.2 Å². The van der Waals surface area contributed by atoms with Gasteiger partial charge < -0.3 is 10.6 Å². The second kappa shape index (κ2) is 4.89. The van der Waals surface area contributed by atoms with E-state index in [0.29, 0.717) is 25.0 Å². The summed E-state index contributed by atoms with van der Waals surface area (Å²) in [5.74, 6) is 0.378. The van der Waals surface area contributed by atoms with E-state index in [0.717, 1.165) is 26.1 Å². The van der Waals surface area contributed by atoms with Crippen molar-refractivity contribution in [2.75, 3.05) is 39.3 Å². The number of rotatable bonds is 4. The van der Waals surface area contributed by atoms with Crippen LogP contribution in [-0.4, -0.2) is 56.4 Å². The third-order valence-electron chi connectivity index (χ3n) is 3.25. The second-order valence-corrected chi connectivity index (χ2v) is 4.77. The highest BCUT2D eigenvalue weighted by atomic mass is 19.4. The van der Waals surface area contributed by atoms with Gasteiger partial charge in [0.2, 0.25) is 0 Å². The zero-order valence-electron chi connectivity index (χ0n) is 9.19. The highest BCUT2D eigenvalue weighted by Crippen LogP contribution is 2.22. The molecule has 1 atom stereocenters. The Balaban J connectivity index is 1.63. The molecule has 0 radical (unpaired) electrons. The van der Waals surface area contributed by atoms with Crippen LogP contribution in [0.25, 0.3) is 0 Å².